The van der Waals surface area contributed by atoms with Gasteiger partial charge in [0.05, 0.1) is 0 Å². The van der Waals surface area contributed by atoms with E-state index in [0.29, 0.717) is 5.91 Å². The number of benzene rings is 2. The van der Waals surface area contributed by atoms with Crippen molar-refractivity contribution in [3.63, 3.8) is 0 Å². The van der Waals surface area contributed by atoms with Crippen molar-refractivity contribution in [1.82, 2.24) is 4.90 Å². The lowest BCUT2D eigenvalue weighted by Gasteiger charge is -2.17. The molecule has 1 aliphatic heterocycles. The van der Waals surface area contributed by atoms with Crippen LogP contribution in [-0.4, -0.2) is 17.4 Å². The molecule has 1 saturated heterocycles. The van der Waals surface area contributed by atoms with E-state index >= 15 is 0 Å². The largest absolute Gasteiger partial charge is 0.338 e. The highest BCUT2D eigenvalue weighted by atomic mass is 16.2. The van der Waals surface area contributed by atoms with Crippen LogP contribution in [0.2, 0.25) is 0 Å². The SMILES string of the molecule is Cc1ccc(CC2CCN(Cc3ccccc3)C2=O)cc1. The van der Waals surface area contributed by atoms with Gasteiger partial charge in [-0.25, -0.2) is 0 Å². The number of rotatable bonds is 4. The molecule has 1 fully saturated rings. The molecule has 1 heterocycles. The molecule has 2 heteroatoms. The smallest absolute Gasteiger partial charge is 0.226 e. The molecule has 1 aliphatic rings. The third-order valence-electron chi connectivity index (χ3n) is 4.23. The average molecular weight is 279 g/mol. The molecule has 0 N–H and O–H groups in total. The van der Waals surface area contributed by atoms with Crippen molar-refractivity contribution in [2.75, 3.05) is 6.54 Å². The zero-order valence-corrected chi connectivity index (χ0v) is 12.5. The van der Waals surface area contributed by atoms with E-state index in [1.165, 1.54) is 16.7 Å². The second-order valence-electron chi connectivity index (χ2n) is 5.92. The number of nitrogens with zero attached hydrogens (tertiary/aromatic N) is 1. The minimum atomic E-state index is 0.149. The number of hydrogen-bond acceptors (Lipinski definition) is 1. The first-order valence-electron chi connectivity index (χ1n) is 7.60. The van der Waals surface area contributed by atoms with E-state index in [2.05, 4.69) is 43.3 Å². The van der Waals surface area contributed by atoms with E-state index < -0.39 is 0 Å². The third kappa shape index (κ3) is 3.33. The molecule has 0 aliphatic carbocycles. The van der Waals surface area contributed by atoms with Crippen LogP contribution >= 0.6 is 0 Å². The minimum absolute atomic E-state index is 0.149. The second-order valence-corrected chi connectivity index (χ2v) is 5.92. The zero-order valence-electron chi connectivity index (χ0n) is 12.5. The lowest BCUT2D eigenvalue weighted by Crippen LogP contribution is -2.27. The summed E-state index contributed by atoms with van der Waals surface area (Å²) in [5.74, 6) is 0.454. The summed E-state index contributed by atoms with van der Waals surface area (Å²) in [6.07, 6.45) is 1.84. The van der Waals surface area contributed by atoms with Gasteiger partial charge in [-0.15, -0.1) is 0 Å². The highest BCUT2D eigenvalue weighted by Gasteiger charge is 2.31. The maximum absolute atomic E-state index is 12.5. The number of aryl methyl sites for hydroxylation is 1. The summed E-state index contributed by atoms with van der Waals surface area (Å²) in [6.45, 7) is 3.71. The Morgan fingerprint density at radius 1 is 1.00 bits per heavy atom. The topological polar surface area (TPSA) is 20.3 Å². The van der Waals surface area contributed by atoms with Crippen LogP contribution in [0.4, 0.5) is 0 Å². The van der Waals surface area contributed by atoms with Crippen LogP contribution in [0.1, 0.15) is 23.1 Å². The molecule has 1 atom stereocenters. The summed E-state index contributed by atoms with van der Waals surface area (Å²) in [6, 6.07) is 18.8. The predicted molar refractivity (Wildman–Crippen MR) is 84.8 cm³/mol. The highest BCUT2D eigenvalue weighted by molar-refractivity contribution is 5.81. The van der Waals surface area contributed by atoms with Gasteiger partial charge in [-0.3, -0.25) is 4.79 Å². The fraction of sp³-hybridized carbons (Fsp3) is 0.316. The third-order valence-corrected chi connectivity index (χ3v) is 4.23. The molecule has 2 nitrogen and oxygen atoms in total. The molecule has 2 aromatic carbocycles. The molecule has 0 spiro atoms. The van der Waals surface area contributed by atoms with Gasteiger partial charge in [0.25, 0.3) is 0 Å². The fourth-order valence-corrected chi connectivity index (χ4v) is 2.96. The Balaban J connectivity index is 1.62. The van der Waals surface area contributed by atoms with Gasteiger partial charge in [0, 0.05) is 19.0 Å². The number of amides is 1. The van der Waals surface area contributed by atoms with Crippen LogP contribution in [0.5, 0.6) is 0 Å². The number of likely N-dealkylation sites (tertiary alicyclic amines) is 1. The van der Waals surface area contributed by atoms with Crippen LogP contribution in [0.25, 0.3) is 0 Å². The maximum atomic E-state index is 12.5. The van der Waals surface area contributed by atoms with Crippen LogP contribution in [0, 0.1) is 12.8 Å². The summed E-state index contributed by atoms with van der Waals surface area (Å²) in [7, 11) is 0. The quantitative estimate of drug-likeness (QED) is 0.837. The molecule has 1 amide bonds. The number of carbonyl (C=O) groups excluding carboxylic acids is 1. The molecular weight excluding hydrogens is 258 g/mol. The first-order valence-corrected chi connectivity index (χ1v) is 7.60. The Morgan fingerprint density at radius 3 is 2.43 bits per heavy atom. The van der Waals surface area contributed by atoms with E-state index in [9.17, 15) is 4.79 Å². The Hall–Kier alpha value is -2.09. The lowest BCUT2D eigenvalue weighted by molar-refractivity contribution is -0.131. The van der Waals surface area contributed by atoms with E-state index in [-0.39, 0.29) is 5.92 Å². The van der Waals surface area contributed by atoms with Crippen molar-refractivity contribution in [3.05, 3.63) is 71.3 Å². The highest BCUT2D eigenvalue weighted by Crippen LogP contribution is 2.24. The molecule has 0 radical (unpaired) electrons. The van der Waals surface area contributed by atoms with Crippen molar-refractivity contribution in [3.8, 4) is 0 Å². The lowest BCUT2D eigenvalue weighted by atomic mass is 9.97. The number of carbonyl (C=O) groups is 1. The summed E-state index contributed by atoms with van der Waals surface area (Å²) in [5.41, 5.74) is 3.74. The van der Waals surface area contributed by atoms with Gasteiger partial charge < -0.3 is 4.90 Å². The summed E-state index contributed by atoms with van der Waals surface area (Å²) in [5, 5.41) is 0. The summed E-state index contributed by atoms with van der Waals surface area (Å²) in [4.78, 5) is 14.5. The summed E-state index contributed by atoms with van der Waals surface area (Å²) < 4.78 is 0. The van der Waals surface area contributed by atoms with Crippen LogP contribution < -0.4 is 0 Å². The Labute approximate surface area is 126 Å². The van der Waals surface area contributed by atoms with Crippen molar-refractivity contribution in [2.45, 2.75) is 26.3 Å². The second kappa shape index (κ2) is 6.13. The van der Waals surface area contributed by atoms with Gasteiger partial charge >= 0.3 is 0 Å². The van der Waals surface area contributed by atoms with Crippen molar-refractivity contribution in [1.29, 1.82) is 0 Å². The Morgan fingerprint density at radius 2 is 1.71 bits per heavy atom. The van der Waals surface area contributed by atoms with E-state index in [1.807, 2.05) is 23.1 Å². The van der Waals surface area contributed by atoms with E-state index in [4.69, 9.17) is 0 Å². The molecular formula is C19H21NO. The standard InChI is InChI=1S/C19H21NO/c1-15-7-9-16(10-8-15)13-18-11-12-20(19(18)21)14-17-5-3-2-4-6-17/h2-10,18H,11-14H2,1H3. The minimum Gasteiger partial charge on any atom is -0.338 e. The molecule has 2 aromatic rings. The predicted octanol–water partition coefficient (Wildman–Crippen LogP) is 3.59. The fourth-order valence-electron chi connectivity index (χ4n) is 2.96. The van der Waals surface area contributed by atoms with Gasteiger partial charge in [0.1, 0.15) is 0 Å². The van der Waals surface area contributed by atoms with Crippen LogP contribution in [0.15, 0.2) is 54.6 Å². The van der Waals surface area contributed by atoms with Gasteiger partial charge in [-0.05, 0) is 30.9 Å². The molecule has 0 aromatic heterocycles. The van der Waals surface area contributed by atoms with Gasteiger partial charge in [0.2, 0.25) is 5.91 Å². The van der Waals surface area contributed by atoms with Crippen molar-refractivity contribution in [2.24, 2.45) is 5.92 Å². The first kappa shape index (κ1) is 13.9. The Bertz CT molecular complexity index is 603. The van der Waals surface area contributed by atoms with Gasteiger partial charge in [-0.2, -0.15) is 0 Å². The maximum Gasteiger partial charge on any atom is 0.226 e. The molecule has 0 bridgehead atoms. The molecule has 0 saturated carbocycles. The summed E-state index contributed by atoms with van der Waals surface area (Å²) >= 11 is 0. The van der Waals surface area contributed by atoms with E-state index in [1.54, 1.807) is 0 Å². The molecule has 3 rings (SSSR count). The van der Waals surface area contributed by atoms with Crippen molar-refractivity contribution >= 4 is 5.91 Å². The van der Waals surface area contributed by atoms with Gasteiger partial charge in [0.15, 0.2) is 0 Å². The molecule has 21 heavy (non-hydrogen) atoms. The van der Waals surface area contributed by atoms with E-state index in [0.717, 1.165) is 25.9 Å². The van der Waals surface area contributed by atoms with Crippen LogP contribution in [0.3, 0.4) is 0 Å². The Kier molecular flexibility index (Phi) is 4.05. The zero-order chi connectivity index (χ0) is 14.7. The monoisotopic (exact) mass is 279 g/mol. The van der Waals surface area contributed by atoms with Gasteiger partial charge in [-0.1, -0.05) is 60.2 Å². The van der Waals surface area contributed by atoms with Crippen LogP contribution in [-0.2, 0) is 17.8 Å². The normalized spacial score (nSPS) is 18.2. The van der Waals surface area contributed by atoms with Crippen molar-refractivity contribution < 1.29 is 4.79 Å². The average Bonchev–Trinajstić information content (AvgIpc) is 2.84. The molecule has 1 unspecified atom stereocenters. The molecule has 108 valence electrons. The first-order chi connectivity index (χ1) is 10.2. The number of hydrogen-bond donors (Lipinski definition) is 0.